The van der Waals surface area contributed by atoms with Crippen LogP contribution in [0.1, 0.15) is 87.5 Å². The number of carbonyl (C=O) groups excluding carboxylic acids is 4. The van der Waals surface area contributed by atoms with Crippen molar-refractivity contribution in [3.63, 3.8) is 0 Å². The average molecular weight is 838 g/mol. The van der Waals surface area contributed by atoms with Crippen molar-refractivity contribution in [1.82, 2.24) is 14.8 Å². The van der Waals surface area contributed by atoms with Crippen LogP contribution in [0, 0.1) is 23.7 Å². The van der Waals surface area contributed by atoms with Gasteiger partial charge in [0.05, 0.1) is 30.5 Å². The van der Waals surface area contributed by atoms with E-state index in [0.29, 0.717) is 18.6 Å². The van der Waals surface area contributed by atoms with E-state index in [-0.39, 0.29) is 50.3 Å². The maximum Gasteiger partial charge on any atom is 0.410 e. The minimum absolute atomic E-state index is 0.118. The Morgan fingerprint density at radius 2 is 1.70 bits per heavy atom. The van der Waals surface area contributed by atoms with Crippen molar-refractivity contribution < 1.29 is 52.7 Å². The predicted octanol–water partition coefficient (Wildman–Crippen LogP) is 6.11. The second kappa shape index (κ2) is 19.8. The first-order valence-corrected chi connectivity index (χ1v) is 21.5. The van der Waals surface area contributed by atoms with Crippen LogP contribution in [0.25, 0.3) is 11.1 Å². The summed E-state index contributed by atoms with van der Waals surface area (Å²) in [5, 5.41) is 11.5. The van der Waals surface area contributed by atoms with E-state index in [9.17, 15) is 24.3 Å². The molecule has 4 heterocycles. The summed E-state index contributed by atoms with van der Waals surface area (Å²) in [6.45, 7) is 14.6. The Balaban J connectivity index is 1.46. The van der Waals surface area contributed by atoms with Gasteiger partial charge in [0.1, 0.15) is 29.7 Å². The largest absolute Gasteiger partial charge is 0.494 e. The van der Waals surface area contributed by atoms with Gasteiger partial charge in [-0.05, 0) is 90.7 Å². The monoisotopic (exact) mass is 837 g/mol. The minimum Gasteiger partial charge on any atom is -0.494 e. The molecule has 13 atom stereocenters. The Kier molecular flexibility index (Phi) is 15.6. The van der Waals surface area contributed by atoms with E-state index < -0.39 is 83.4 Å². The van der Waals surface area contributed by atoms with Gasteiger partial charge >= 0.3 is 12.1 Å². The summed E-state index contributed by atoms with van der Waals surface area (Å²) in [4.78, 5) is 65.1. The fourth-order valence-corrected chi connectivity index (χ4v) is 9.72. The summed E-state index contributed by atoms with van der Waals surface area (Å²) in [7, 11) is 5.24. The summed E-state index contributed by atoms with van der Waals surface area (Å²) < 4.78 is 37.6. The van der Waals surface area contributed by atoms with Gasteiger partial charge in [-0.25, -0.2) is 4.79 Å². The second-order valence-corrected chi connectivity index (χ2v) is 17.5. The first kappa shape index (κ1) is 47.1. The average Bonchev–Trinajstić information content (AvgIpc) is 3.53. The zero-order valence-electron chi connectivity index (χ0n) is 37.3. The summed E-state index contributed by atoms with van der Waals surface area (Å²) in [5.41, 5.74) is -0.759. The molecule has 1 amide bonds. The number of aliphatic hydroxyl groups is 1. The first-order chi connectivity index (χ1) is 28.4. The molecule has 60 heavy (non-hydrogen) atoms. The molecule has 1 unspecified atom stereocenters. The number of ether oxygens (including phenoxy) is 6. The Bertz CT molecular complexity index is 1800. The number of methoxy groups -OCH3 is 1. The number of pyridine rings is 1. The number of hydrogen-bond acceptors (Lipinski definition) is 13. The summed E-state index contributed by atoms with van der Waals surface area (Å²) >= 11 is 0. The highest BCUT2D eigenvalue weighted by molar-refractivity contribution is 6.00. The molecule has 3 aliphatic rings. The molecule has 1 aromatic heterocycles. The lowest BCUT2D eigenvalue weighted by Gasteiger charge is -2.47. The van der Waals surface area contributed by atoms with Crippen LogP contribution in [-0.4, -0.2) is 132 Å². The number of fused-ring (bicyclic) bond motifs is 1. The Morgan fingerprint density at radius 3 is 2.33 bits per heavy atom. The van der Waals surface area contributed by atoms with Crippen LogP contribution in [0.15, 0.2) is 48.8 Å². The molecular weight excluding hydrogens is 771 g/mol. The van der Waals surface area contributed by atoms with Crippen molar-refractivity contribution in [2.75, 3.05) is 34.4 Å². The maximum absolute atomic E-state index is 14.8. The van der Waals surface area contributed by atoms with Gasteiger partial charge in [0, 0.05) is 55.4 Å². The number of aliphatic hydroxyl groups excluding tert-OH is 1. The Hall–Kier alpha value is -3.95. The number of rotatable bonds is 12. The predicted molar refractivity (Wildman–Crippen MR) is 224 cm³/mol. The Labute approximate surface area is 355 Å². The summed E-state index contributed by atoms with van der Waals surface area (Å²) in [6, 6.07) is 10.4. The highest BCUT2D eigenvalue weighted by atomic mass is 16.7. The lowest BCUT2D eigenvalue weighted by Crippen LogP contribution is -2.61. The van der Waals surface area contributed by atoms with Crippen molar-refractivity contribution >= 4 is 23.6 Å². The van der Waals surface area contributed by atoms with Crippen LogP contribution in [-0.2, 0) is 38.1 Å². The highest BCUT2D eigenvalue weighted by Crippen LogP contribution is 2.45. The van der Waals surface area contributed by atoms with Crippen LogP contribution in [0.2, 0.25) is 0 Å². The molecule has 3 saturated heterocycles. The maximum atomic E-state index is 14.8. The van der Waals surface area contributed by atoms with E-state index in [1.165, 1.54) is 14.0 Å². The molecule has 0 spiro atoms. The molecule has 0 saturated carbocycles. The number of ketones is 2. The first-order valence-electron chi connectivity index (χ1n) is 21.5. The van der Waals surface area contributed by atoms with Gasteiger partial charge in [-0.3, -0.25) is 19.4 Å². The third-order valence-electron chi connectivity index (χ3n) is 13.1. The van der Waals surface area contributed by atoms with Crippen molar-refractivity contribution in [3.05, 3.63) is 48.8 Å². The second-order valence-electron chi connectivity index (χ2n) is 17.5. The highest BCUT2D eigenvalue weighted by Gasteiger charge is 2.62. The molecule has 0 bridgehead atoms. The number of esters is 1. The number of cyclic esters (lactones) is 1. The molecule has 3 fully saturated rings. The van der Waals surface area contributed by atoms with Gasteiger partial charge in [0.2, 0.25) is 0 Å². The summed E-state index contributed by atoms with van der Waals surface area (Å²) in [6.07, 6.45) is 0.0293. The van der Waals surface area contributed by atoms with E-state index >= 15 is 0 Å². The number of amides is 1. The van der Waals surface area contributed by atoms with Gasteiger partial charge in [-0.2, -0.15) is 0 Å². The van der Waals surface area contributed by atoms with Crippen molar-refractivity contribution in [1.29, 1.82) is 0 Å². The lowest BCUT2D eigenvalue weighted by atomic mass is 9.72. The Morgan fingerprint density at radius 1 is 0.983 bits per heavy atom. The van der Waals surface area contributed by atoms with Crippen molar-refractivity contribution in [2.45, 2.75) is 141 Å². The molecule has 332 valence electrons. The molecule has 0 aliphatic carbocycles. The number of aromatic nitrogens is 1. The molecule has 3 aliphatic heterocycles. The fourth-order valence-electron chi connectivity index (χ4n) is 9.72. The number of carbonyl (C=O) groups is 4. The zero-order valence-corrected chi connectivity index (χ0v) is 37.3. The van der Waals surface area contributed by atoms with Crippen LogP contribution >= 0.6 is 0 Å². The SMILES string of the molecule is CC[C@H]1OC(=O)[C@H](C)C(=O)[C@H](C)[C@@H](O[C@@H]2O[C@H](C)C[C@H](N(C)C)[C@H]2O)[C@@](C)(OC)C[C@@H](C)C(=O)[C@H](C)C2N(CCCOc3cccc(-c4cccnc4)c3)C(=O)O[C@@]21CC. The van der Waals surface area contributed by atoms with Gasteiger partial charge in [-0.15, -0.1) is 0 Å². The van der Waals surface area contributed by atoms with Gasteiger partial charge in [0.25, 0.3) is 0 Å². The minimum atomic E-state index is -1.39. The molecule has 2 aromatic rings. The number of benzene rings is 1. The van der Waals surface area contributed by atoms with Crippen molar-refractivity contribution in [3.8, 4) is 16.9 Å². The van der Waals surface area contributed by atoms with Gasteiger partial charge < -0.3 is 43.3 Å². The van der Waals surface area contributed by atoms with Crippen LogP contribution in [0.3, 0.4) is 0 Å². The molecule has 1 aromatic carbocycles. The molecule has 14 heteroatoms. The number of Topliss-reactive ketones (excluding diaryl/α,β-unsaturated/α-hetero) is 2. The van der Waals surface area contributed by atoms with E-state index in [4.69, 9.17) is 28.4 Å². The normalized spacial score (nSPS) is 35.8. The molecule has 14 nitrogen and oxygen atoms in total. The topological polar surface area (TPSA) is 163 Å². The smallest absolute Gasteiger partial charge is 0.410 e. The number of likely N-dealkylation sites (N-methyl/N-ethyl adjacent to an activating group) is 1. The van der Waals surface area contributed by atoms with Gasteiger partial charge in [0.15, 0.2) is 17.7 Å². The number of nitrogens with zero attached hydrogens (tertiary/aromatic N) is 3. The molecule has 1 N–H and O–H groups in total. The number of hydrogen-bond donors (Lipinski definition) is 1. The van der Waals surface area contributed by atoms with Crippen LogP contribution < -0.4 is 4.74 Å². The van der Waals surface area contributed by atoms with Gasteiger partial charge in [-0.1, -0.05) is 52.8 Å². The lowest BCUT2D eigenvalue weighted by molar-refractivity contribution is -0.295. The van der Waals surface area contributed by atoms with Crippen LogP contribution in [0.5, 0.6) is 5.75 Å². The van der Waals surface area contributed by atoms with E-state index in [1.54, 1.807) is 38.1 Å². The quantitative estimate of drug-likeness (QED) is 0.148. The third-order valence-corrected chi connectivity index (χ3v) is 13.1. The molecular formula is C46H67N3O11. The third kappa shape index (κ3) is 9.73. The van der Waals surface area contributed by atoms with E-state index in [0.717, 1.165) is 11.1 Å². The van der Waals surface area contributed by atoms with E-state index in [1.807, 2.05) is 83.1 Å². The van der Waals surface area contributed by atoms with Crippen LogP contribution in [0.4, 0.5) is 4.79 Å². The zero-order chi connectivity index (χ0) is 44.1. The molecule has 5 rings (SSSR count). The molecule has 0 radical (unpaired) electrons. The summed E-state index contributed by atoms with van der Waals surface area (Å²) in [5.74, 6) is -4.37. The standard InChI is InChI=1S/C46H67N3O11/c1-12-36-46(13-2)40(49(44(54)60-46)21-16-22-56-34-19-14-17-32(24-34)33-18-15-20-47-26-33)29(5)37(50)27(3)25-45(8,55-11)41(30(6)38(51)31(7)42(53)58-36)59-43-39(52)35(48(9)10)23-28(4)57-43/h14-15,17-20,24,26-31,35-36,39-41,43,52H,12-13,16,21-23,25H2,1-11H3/t27-,28-,29+,30+,31-,35+,36-,39-,40?,41-,43+,45+,46-/m1/s1. The van der Waals surface area contributed by atoms with Crippen molar-refractivity contribution in [2.24, 2.45) is 23.7 Å². The fraction of sp³-hybridized carbons (Fsp3) is 0.674. The van der Waals surface area contributed by atoms with E-state index in [2.05, 4.69) is 4.98 Å².